The number of amides is 1. The lowest BCUT2D eigenvalue weighted by molar-refractivity contribution is -0.146. The van der Waals surface area contributed by atoms with Gasteiger partial charge in [0.05, 0.1) is 12.1 Å². The van der Waals surface area contributed by atoms with Crippen molar-refractivity contribution in [3.63, 3.8) is 0 Å². The first-order valence-corrected chi connectivity index (χ1v) is 4.58. The molecule has 84 valence electrons. The van der Waals surface area contributed by atoms with E-state index in [-0.39, 0.29) is 6.54 Å². The molecule has 0 radical (unpaired) electrons. The van der Waals surface area contributed by atoms with Crippen molar-refractivity contribution in [2.24, 2.45) is 5.73 Å². The number of hydrogen-bond acceptors (Lipinski definition) is 3. The van der Waals surface area contributed by atoms with E-state index in [1.807, 2.05) is 0 Å². The Balaban J connectivity index is 4.71. The van der Waals surface area contributed by atoms with Crippen molar-refractivity contribution >= 4 is 11.9 Å². The third-order valence-corrected chi connectivity index (χ3v) is 2.12. The van der Waals surface area contributed by atoms with Gasteiger partial charge in [-0.05, 0) is 13.3 Å². The number of carboxylic acid groups (broad SMARTS) is 1. The highest BCUT2D eigenvalue weighted by Gasteiger charge is 2.31. The van der Waals surface area contributed by atoms with Gasteiger partial charge in [0, 0.05) is 0 Å². The number of terminal acetylenes is 1. The highest BCUT2D eigenvalue weighted by molar-refractivity contribution is 5.88. The first-order valence-electron chi connectivity index (χ1n) is 4.58. The summed E-state index contributed by atoms with van der Waals surface area (Å²) < 4.78 is 0. The SMILES string of the molecule is C#CCN(CC(=O)O)C(=O)C(C)(N)CC. The first-order chi connectivity index (χ1) is 6.85. The summed E-state index contributed by atoms with van der Waals surface area (Å²) >= 11 is 0. The van der Waals surface area contributed by atoms with Crippen LogP contribution in [-0.4, -0.2) is 40.5 Å². The van der Waals surface area contributed by atoms with Crippen LogP contribution in [0.4, 0.5) is 0 Å². The number of carboxylic acids is 1. The Bertz CT molecular complexity index is 292. The lowest BCUT2D eigenvalue weighted by Gasteiger charge is -2.28. The molecule has 0 fully saturated rings. The molecule has 0 aliphatic heterocycles. The molecular formula is C10H16N2O3. The Hall–Kier alpha value is -1.54. The van der Waals surface area contributed by atoms with Crippen molar-refractivity contribution in [3.8, 4) is 12.3 Å². The van der Waals surface area contributed by atoms with Gasteiger partial charge in [0.2, 0.25) is 5.91 Å². The van der Waals surface area contributed by atoms with Gasteiger partial charge in [0.15, 0.2) is 0 Å². The van der Waals surface area contributed by atoms with Crippen molar-refractivity contribution in [1.82, 2.24) is 4.90 Å². The number of hydrogen-bond donors (Lipinski definition) is 2. The second-order valence-corrected chi connectivity index (χ2v) is 3.53. The predicted molar refractivity (Wildman–Crippen MR) is 55.9 cm³/mol. The molecule has 1 amide bonds. The number of rotatable bonds is 5. The Kier molecular flexibility index (Phi) is 4.82. The average molecular weight is 212 g/mol. The van der Waals surface area contributed by atoms with Gasteiger partial charge >= 0.3 is 5.97 Å². The van der Waals surface area contributed by atoms with Crippen LogP contribution in [0, 0.1) is 12.3 Å². The zero-order chi connectivity index (χ0) is 12.1. The molecule has 15 heavy (non-hydrogen) atoms. The first kappa shape index (κ1) is 13.5. The van der Waals surface area contributed by atoms with Crippen LogP contribution >= 0.6 is 0 Å². The van der Waals surface area contributed by atoms with Crippen LogP contribution in [0.1, 0.15) is 20.3 Å². The Morgan fingerprint density at radius 1 is 1.60 bits per heavy atom. The van der Waals surface area contributed by atoms with Crippen LogP contribution in [0.2, 0.25) is 0 Å². The van der Waals surface area contributed by atoms with E-state index in [9.17, 15) is 9.59 Å². The highest BCUT2D eigenvalue weighted by Crippen LogP contribution is 2.09. The maximum absolute atomic E-state index is 11.8. The maximum atomic E-state index is 11.8. The fourth-order valence-corrected chi connectivity index (χ4v) is 0.985. The maximum Gasteiger partial charge on any atom is 0.323 e. The van der Waals surface area contributed by atoms with Crippen LogP contribution in [0.3, 0.4) is 0 Å². The Labute approximate surface area is 89.2 Å². The van der Waals surface area contributed by atoms with Crippen molar-refractivity contribution in [2.45, 2.75) is 25.8 Å². The molecule has 5 nitrogen and oxygen atoms in total. The lowest BCUT2D eigenvalue weighted by Crippen LogP contribution is -2.54. The summed E-state index contributed by atoms with van der Waals surface area (Å²) in [6.07, 6.45) is 5.47. The number of carbonyl (C=O) groups excluding carboxylic acids is 1. The minimum absolute atomic E-state index is 0.0437. The quantitative estimate of drug-likeness (QED) is 0.611. The number of nitrogens with two attached hydrogens (primary N) is 1. The van der Waals surface area contributed by atoms with E-state index in [0.29, 0.717) is 6.42 Å². The predicted octanol–water partition coefficient (Wildman–Crippen LogP) is -0.340. The molecule has 0 spiro atoms. The normalized spacial score (nSPS) is 13.7. The minimum Gasteiger partial charge on any atom is -0.480 e. The van der Waals surface area contributed by atoms with Gasteiger partial charge in [-0.25, -0.2) is 0 Å². The monoisotopic (exact) mass is 212 g/mol. The molecule has 0 aromatic heterocycles. The standard InChI is InChI=1S/C10H16N2O3/c1-4-6-12(7-8(13)14)9(15)10(3,11)5-2/h1H,5-7,11H2,2-3H3,(H,13,14). The van der Waals surface area contributed by atoms with Crippen molar-refractivity contribution in [2.75, 3.05) is 13.1 Å². The minimum atomic E-state index is -1.11. The summed E-state index contributed by atoms with van der Waals surface area (Å²) in [5, 5.41) is 8.59. The highest BCUT2D eigenvalue weighted by atomic mass is 16.4. The van der Waals surface area contributed by atoms with E-state index in [2.05, 4.69) is 5.92 Å². The van der Waals surface area contributed by atoms with Crippen LogP contribution in [-0.2, 0) is 9.59 Å². The van der Waals surface area contributed by atoms with Gasteiger partial charge < -0.3 is 15.7 Å². The molecule has 0 saturated carbocycles. The molecule has 0 heterocycles. The number of nitrogens with zero attached hydrogens (tertiary/aromatic N) is 1. The largest absolute Gasteiger partial charge is 0.480 e. The number of carbonyl (C=O) groups is 2. The van der Waals surface area contributed by atoms with E-state index in [4.69, 9.17) is 17.3 Å². The molecular weight excluding hydrogens is 196 g/mol. The zero-order valence-electron chi connectivity index (χ0n) is 8.99. The average Bonchev–Trinajstić information content (AvgIpc) is 2.15. The second kappa shape index (κ2) is 5.37. The molecule has 3 N–H and O–H groups in total. The van der Waals surface area contributed by atoms with E-state index >= 15 is 0 Å². The van der Waals surface area contributed by atoms with E-state index in [0.717, 1.165) is 4.90 Å². The van der Waals surface area contributed by atoms with Crippen molar-refractivity contribution in [1.29, 1.82) is 0 Å². The van der Waals surface area contributed by atoms with Gasteiger partial charge in [-0.15, -0.1) is 6.42 Å². The molecule has 0 rings (SSSR count). The van der Waals surface area contributed by atoms with Gasteiger partial charge in [0.25, 0.3) is 0 Å². The zero-order valence-corrected chi connectivity index (χ0v) is 8.99. The topological polar surface area (TPSA) is 83.6 Å². The third kappa shape index (κ3) is 4.00. The van der Waals surface area contributed by atoms with Crippen LogP contribution in [0.5, 0.6) is 0 Å². The van der Waals surface area contributed by atoms with Crippen LogP contribution < -0.4 is 5.73 Å². The molecule has 0 bridgehead atoms. The van der Waals surface area contributed by atoms with Crippen molar-refractivity contribution in [3.05, 3.63) is 0 Å². The molecule has 0 aromatic rings. The summed E-state index contributed by atoms with van der Waals surface area (Å²) in [4.78, 5) is 23.3. The van der Waals surface area contributed by atoms with Crippen molar-refractivity contribution < 1.29 is 14.7 Å². The molecule has 0 aromatic carbocycles. The molecule has 0 aliphatic carbocycles. The lowest BCUT2D eigenvalue weighted by atomic mass is 9.98. The number of aliphatic carboxylic acids is 1. The smallest absolute Gasteiger partial charge is 0.323 e. The van der Waals surface area contributed by atoms with E-state index in [1.54, 1.807) is 13.8 Å². The molecule has 0 saturated heterocycles. The fourth-order valence-electron chi connectivity index (χ4n) is 0.985. The Morgan fingerprint density at radius 3 is 2.47 bits per heavy atom. The van der Waals surface area contributed by atoms with Crippen LogP contribution in [0.15, 0.2) is 0 Å². The summed E-state index contributed by atoms with van der Waals surface area (Å²) in [6, 6.07) is 0. The van der Waals surface area contributed by atoms with Gasteiger partial charge in [-0.3, -0.25) is 9.59 Å². The summed E-state index contributed by atoms with van der Waals surface area (Å²) in [6.45, 7) is 2.85. The summed E-state index contributed by atoms with van der Waals surface area (Å²) in [5.41, 5.74) is 4.65. The van der Waals surface area contributed by atoms with E-state index < -0.39 is 24.0 Å². The third-order valence-electron chi connectivity index (χ3n) is 2.12. The summed E-state index contributed by atoms with van der Waals surface area (Å²) in [5.74, 6) is 0.691. The Morgan fingerprint density at radius 2 is 2.13 bits per heavy atom. The fraction of sp³-hybridized carbons (Fsp3) is 0.600. The second-order valence-electron chi connectivity index (χ2n) is 3.53. The molecule has 1 unspecified atom stereocenters. The van der Waals surface area contributed by atoms with Gasteiger partial charge in [0.1, 0.15) is 6.54 Å². The van der Waals surface area contributed by atoms with Gasteiger partial charge in [-0.2, -0.15) is 0 Å². The molecule has 1 atom stereocenters. The van der Waals surface area contributed by atoms with E-state index in [1.165, 1.54) is 0 Å². The molecule has 0 aliphatic rings. The summed E-state index contributed by atoms with van der Waals surface area (Å²) in [7, 11) is 0. The van der Waals surface area contributed by atoms with Crippen LogP contribution in [0.25, 0.3) is 0 Å². The van der Waals surface area contributed by atoms with Gasteiger partial charge in [-0.1, -0.05) is 12.8 Å². The molecule has 5 heteroatoms.